The molecule has 0 bridgehead atoms. The molecule has 1 aromatic carbocycles. The average molecular weight is 239 g/mol. The number of hydrogen-bond donors (Lipinski definition) is 2. The number of carbonyl (C=O) groups is 1. The van der Waals surface area contributed by atoms with Crippen LogP contribution in [0.1, 0.15) is 10.4 Å². The van der Waals surface area contributed by atoms with Gasteiger partial charge >= 0.3 is 12.3 Å². The fourth-order valence-electron chi connectivity index (χ4n) is 0.993. The van der Waals surface area contributed by atoms with Gasteiger partial charge in [-0.25, -0.2) is 9.18 Å². The number of rotatable bonds is 2. The molecule has 3 N–H and O–H groups in total. The van der Waals surface area contributed by atoms with Gasteiger partial charge in [-0.05, 0) is 12.1 Å². The summed E-state index contributed by atoms with van der Waals surface area (Å²) in [6, 6.07) is 1.41. The summed E-state index contributed by atoms with van der Waals surface area (Å²) in [6.45, 7) is 0. The summed E-state index contributed by atoms with van der Waals surface area (Å²) in [5.74, 6) is -4.67. The van der Waals surface area contributed by atoms with Crippen molar-refractivity contribution < 1.29 is 32.2 Å². The maximum Gasteiger partial charge on any atom is 0.573 e. The lowest BCUT2D eigenvalue weighted by Crippen LogP contribution is -2.19. The highest BCUT2D eigenvalue weighted by molar-refractivity contribution is 5.94. The van der Waals surface area contributed by atoms with E-state index in [1.54, 1.807) is 0 Å². The molecule has 1 rings (SSSR count). The monoisotopic (exact) mass is 239 g/mol. The van der Waals surface area contributed by atoms with E-state index in [1.165, 1.54) is 0 Å². The molecule has 0 aliphatic heterocycles. The second-order valence-corrected chi connectivity index (χ2v) is 2.69. The third kappa shape index (κ3) is 2.53. The van der Waals surface area contributed by atoms with Gasteiger partial charge in [0.25, 0.3) is 0 Å². The van der Waals surface area contributed by atoms with Gasteiger partial charge in [0.05, 0.1) is 0 Å². The Morgan fingerprint density at radius 3 is 2.38 bits per heavy atom. The van der Waals surface area contributed by atoms with E-state index >= 15 is 0 Å². The van der Waals surface area contributed by atoms with E-state index in [0.717, 1.165) is 6.07 Å². The highest BCUT2D eigenvalue weighted by atomic mass is 19.4. The van der Waals surface area contributed by atoms with Crippen molar-refractivity contribution in [1.82, 2.24) is 0 Å². The van der Waals surface area contributed by atoms with Gasteiger partial charge in [0.2, 0.25) is 0 Å². The van der Waals surface area contributed by atoms with Crippen molar-refractivity contribution in [3.05, 3.63) is 23.5 Å². The summed E-state index contributed by atoms with van der Waals surface area (Å²) < 4.78 is 51.9. The molecule has 0 atom stereocenters. The van der Waals surface area contributed by atoms with Crippen LogP contribution in [-0.4, -0.2) is 17.4 Å². The predicted octanol–water partition coefficient (Wildman–Crippen LogP) is 2.00. The van der Waals surface area contributed by atoms with E-state index in [0.29, 0.717) is 6.07 Å². The lowest BCUT2D eigenvalue weighted by molar-refractivity contribution is -0.275. The van der Waals surface area contributed by atoms with E-state index in [1.807, 2.05) is 0 Å². The van der Waals surface area contributed by atoms with Crippen molar-refractivity contribution in [3.63, 3.8) is 0 Å². The first kappa shape index (κ1) is 12.1. The minimum absolute atomic E-state index is 0.487. The van der Waals surface area contributed by atoms with Crippen LogP contribution in [0.5, 0.6) is 5.75 Å². The molecule has 16 heavy (non-hydrogen) atoms. The Balaban J connectivity index is 3.24. The Labute approximate surface area is 86.2 Å². The molecule has 4 nitrogen and oxygen atoms in total. The van der Waals surface area contributed by atoms with E-state index in [2.05, 4.69) is 4.74 Å². The van der Waals surface area contributed by atoms with Crippen molar-refractivity contribution in [2.45, 2.75) is 6.36 Å². The molecule has 0 spiro atoms. The molecule has 0 aliphatic carbocycles. The van der Waals surface area contributed by atoms with Gasteiger partial charge in [-0.2, -0.15) is 0 Å². The van der Waals surface area contributed by atoms with Gasteiger partial charge in [0.1, 0.15) is 5.56 Å². The number of ether oxygens (including phenoxy) is 1. The molecule has 0 aliphatic rings. The Bertz CT molecular complexity index is 430. The van der Waals surface area contributed by atoms with Crippen molar-refractivity contribution >= 4 is 11.7 Å². The van der Waals surface area contributed by atoms with Gasteiger partial charge in [-0.1, -0.05) is 0 Å². The molecule has 0 amide bonds. The van der Waals surface area contributed by atoms with Crippen LogP contribution in [0.25, 0.3) is 0 Å². The SMILES string of the molecule is Nc1ccc(OC(F)(F)F)c(F)c1C(=O)O. The minimum atomic E-state index is -5.10. The standard InChI is InChI=1S/C8H5F4NO3/c9-6-4(16-8(10,11)12)2-1-3(13)5(6)7(14)15/h1-2H,13H2,(H,14,15). The largest absolute Gasteiger partial charge is 0.573 e. The zero-order chi connectivity index (χ0) is 12.5. The molecule has 0 saturated carbocycles. The maximum absolute atomic E-state index is 13.2. The average Bonchev–Trinajstić information content (AvgIpc) is 2.07. The Hall–Kier alpha value is -1.99. The molecular weight excluding hydrogens is 234 g/mol. The van der Waals surface area contributed by atoms with Crippen LogP contribution in [0.3, 0.4) is 0 Å². The zero-order valence-corrected chi connectivity index (χ0v) is 7.51. The second-order valence-electron chi connectivity index (χ2n) is 2.69. The molecule has 0 radical (unpaired) electrons. The summed E-state index contributed by atoms with van der Waals surface area (Å²) in [4.78, 5) is 10.5. The number of nitrogens with two attached hydrogens (primary N) is 1. The number of benzene rings is 1. The first-order valence-corrected chi connectivity index (χ1v) is 3.79. The highest BCUT2D eigenvalue weighted by Gasteiger charge is 2.33. The molecule has 0 aromatic heterocycles. The van der Waals surface area contributed by atoms with E-state index in [4.69, 9.17) is 10.8 Å². The van der Waals surface area contributed by atoms with Gasteiger partial charge < -0.3 is 15.6 Å². The van der Waals surface area contributed by atoms with Crippen molar-refractivity contribution in [2.75, 3.05) is 5.73 Å². The molecule has 88 valence electrons. The first-order valence-electron chi connectivity index (χ1n) is 3.79. The molecule has 8 heteroatoms. The second kappa shape index (κ2) is 3.87. The fourth-order valence-corrected chi connectivity index (χ4v) is 0.993. The molecule has 0 heterocycles. The normalized spacial score (nSPS) is 11.2. The van der Waals surface area contributed by atoms with E-state index < -0.39 is 35.1 Å². The quantitative estimate of drug-likeness (QED) is 0.611. The van der Waals surface area contributed by atoms with Gasteiger partial charge in [0.15, 0.2) is 11.6 Å². The van der Waals surface area contributed by atoms with E-state index in [-0.39, 0.29) is 0 Å². The predicted molar refractivity (Wildman–Crippen MR) is 44.5 cm³/mol. The summed E-state index contributed by atoms with van der Waals surface area (Å²) >= 11 is 0. The number of aromatic carboxylic acids is 1. The number of carboxylic acid groups (broad SMARTS) is 1. The summed E-state index contributed by atoms with van der Waals surface area (Å²) in [5.41, 5.74) is 3.56. The molecular formula is C8H5F4NO3. The van der Waals surface area contributed by atoms with Gasteiger partial charge in [-0.3, -0.25) is 0 Å². The lowest BCUT2D eigenvalue weighted by Gasteiger charge is -2.11. The number of hydrogen-bond acceptors (Lipinski definition) is 3. The number of carboxylic acids is 1. The zero-order valence-electron chi connectivity index (χ0n) is 7.51. The summed E-state index contributed by atoms with van der Waals surface area (Å²) in [5, 5.41) is 8.51. The molecule has 0 unspecified atom stereocenters. The lowest BCUT2D eigenvalue weighted by atomic mass is 10.1. The molecule has 0 fully saturated rings. The third-order valence-electron chi connectivity index (χ3n) is 1.58. The van der Waals surface area contributed by atoms with Crippen LogP contribution >= 0.6 is 0 Å². The number of halogens is 4. The Morgan fingerprint density at radius 1 is 1.38 bits per heavy atom. The highest BCUT2D eigenvalue weighted by Crippen LogP contribution is 2.30. The van der Waals surface area contributed by atoms with E-state index in [9.17, 15) is 22.4 Å². The van der Waals surface area contributed by atoms with Crippen molar-refractivity contribution in [2.24, 2.45) is 0 Å². The third-order valence-corrected chi connectivity index (χ3v) is 1.58. The van der Waals surface area contributed by atoms with Crippen LogP contribution in [0, 0.1) is 5.82 Å². The summed E-state index contributed by atoms with van der Waals surface area (Å²) in [6.07, 6.45) is -5.10. The molecule has 0 saturated heterocycles. The van der Waals surface area contributed by atoms with Crippen LogP contribution in [0.2, 0.25) is 0 Å². The number of nitrogen functional groups attached to an aromatic ring is 1. The Morgan fingerprint density at radius 2 is 1.94 bits per heavy atom. The van der Waals surface area contributed by atoms with Crippen LogP contribution < -0.4 is 10.5 Å². The van der Waals surface area contributed by atoms with Crippen molar-refractivity contribution in [1.29, 1.82) is 0 Å². The minimum Gasteiger partial charge on any atom is -0.478 e. The smallest absolute Gasteiger partial charge is 0.478 e. The fraction of sp³-hybridized carbons (Fsp3) is 0.125. The summed E-state index contributed by atoms with van der Waals surface area (Å²) in [7, 11) is 0. The van der Waals surface area contributed by atoms with Crippen molar-refractivity contribution in [3.8, 4) is 5.75 Å². The Kier molecular flexibility index (Phi) is 2.92. The van der Waals surface area contributed by atoms with Crippen LogP contribution in [-0.2, 0) is 0 Å². The van der Waals surface area contributed by atoms with Crippen LogP contribution in [0.4, 0.5) is 23.2 Å². The number of alkyl halides is 3. The number of anilines is 1. The maximum atomic E-state index is 13.2. The van der Waals surface area contributed by atoms with Gasteiger partial charge in [-0.15, -0.1) is 13.2 Å². The van der Waals surface area contributed by atoms with Gasteiger partial charge in [0, 0.05) is 5.69 Å². The molecule has 1 aromatic rings. The first-order chi connectivity index (χ1) is 7.22. The van der Waals surface area contributed by atoms with Crippen LogP contribution in [0.15, 0.2) is 12.1 Å². The topological polar surface area (TPSA) is 72.5 Å².